The summed E-state index contributed by atoms with van der Waals surface area (Å²) in [5.41, 5.74) is 1.12. The molecule has 1 aromatic heterocycles. The zero-order valence-electron chi connectivity index (χ0n) is 11.3. The van der Waals surface area contributed by atoms with E-state index < -0.39 is 0 Å². The van der Waals surface area contributed by atoms with Gasteiger partial charge in [-0.05, 0) is 51.6 Å². The van der Waals surface area contributed by atoms with Crippen LogP contribution < -0.4 is 10.6 Å². The number of hydrogen-bond donors (Lipinski definition) is 2. The maximum absolute atomic E-state index is 11.6. The van der Waals surface area contributed by atoms with Gasteiger partial charge in [-0.25, -0.2) is 0 Å². The van der Waals surface area contributed by atoms with Crippen molar-refractivity contribution in [1.82, 2.24) is 10.6 Å². The molecule has 2 N–H and O–H groups in total. The van der Waals surface area contributed by atoms with Gasteiger partial charge in [-0.1, -0.05) is 0 Å². The third kappa shape index (κ3) is 4.88. The number of carbonyl (C=O) groups is 1. The van der Waals surface area contributed by atoms with E-state index in [4.69, 9.17) is 0 Å². The lowest BCUT2D eigenvalue weighted by Gasteiger charge is -2.21. The smallest absolute Gasteiger partial charge is 0.234 e. The number of carbonyl (C=O) groups excluding carboxylic acids is 1. The third-order valence-corrected chi connectivity index (χ3v) is 3.58. The Kier molecular flexibility index (Phi) is 4.71. The molecule has 0 radical (unpaired) electrons. The first-order chi connectivity index (χ1) is 7.79. The van der Waals surface area contributed by atoms with Crippen molar-refractivity contribution >= 4 is 17.2 Å². The van der Waals surface area contributed by atoms with Crippen LogP contribution in [0.25, 0.3) is 0 Å². The van der Waals surface area contributed by atoms with Crippen molar-refractivity contribution in [2.75, 3.05) is 6.54 Å². The quantitative estimate of drug-likeness (QED) is 0.867. The van der Waals surface area contributed by atoms with Gasteiger partial charge in [-0.3, -0.25) is 4.79 Å². The molecule has 1 amide bonds. The van der Waals surface area contributed by atoms with Gasteiger partial charge in [-0.15, -0.1) is 11.3 Å². The predicted molar refractivity (Wildman–Crippen MR) is 73.4 cm³/mol. The van der Waals surface area contributed by atoms with Gasteiger partial charge in [0.1, 0.15) is 0 Å². The van der Waals surface area contributed by atoms with E-state index in [0.717, 1.165) is 0 Å². The van der Waals surface area contributed by atoms with Crippen LogP contribution >= 0.6 is 11.3 Å². The molecule has 1 aromatic rings. The van der Waals surface area contributed by atoms with Gasteiger partial charge in [0, 0.05) is 16.5 Å². The molecule has 0 bridgehead atoms. The van der Waals surface area contributed by atoms with E-state index in [9.17, 15) is 4.79 Å². The number of nitrogens with one attached hydrogen (secondary N) is 2. The lowest BCUT2D eigenvalue weighted by molar-refractivity contribution is -0.121. The molecule has 17 heavy (non-hydrogen) atoms. The number of aryl methyl sites for hydroxylation is 1. The van der Waals surface area contributed by atoms with E-state index in [-0.39, 0.29) is 17.5 Å². The minimum Gasteiger partial charge on any atom is -0.350 e. The van der Waals surface area contributed by atoms with Crippen LogP contribution in [0, 0.1) is 6.92 Å². The van der Waals surface area contributed by atoms with Gasteiger partial charge < -0.3 is 10.6 Å². The van der Waals surface area contributed by atoms with E-state index in [2.05, 4.69) is 35.9 Å². The summed E-state index contributed by atoms with van der Waals surface area (Å²) in [6, 6.07) is 2.33. The predicted octanol–water partition coefficient (Wildman–Crippen LogP) is 2.62. The lowest BCUT2D eigenvalue weighted by atomic mass is 10.1. The third-order valence-electron chi connectivity index (χ3n) is 2.38. The van der Waals surface area contributed by atoms with E-state index in [1.54, 1.807) is 11.3 Å². The summed E-state index contributed by atoms with van der Waals surface area (Å²) in [5.74, 6) is 0.0403. The van der Waals surface area contributed by atoms with Crippen LogP contribution in [-0.2, 0) is 4.79 Å². The molecule has 1 atom stereocenters. The number of thiophene rings is 1. The van der Waals surface area contributed by atoms with Crippen LogP contribution in [0.3, 0.4) is 0 Å². The van der Waals surface area contributed by atoms with E-state index in [1.807, 2.05) is 20.8 Å². The van der Waals surface area contributed by atoms with Gasteiger partial charge in [0.25, 0.3) is 0 Å². The minimum absolute atomic E-state index is 0.0403. The molecule has 3 nitrogen and oxygen atoms in total. The largest absolute Gasteiger partial charge is 0.350 e. The first-order valence-electron chi connectivity index (χ1n) is 5.88. The van der Waals surface area contributed by atoms with Crippen LogP contribution in [0.5, 0.6) is 0 Å². The molecule has 0 aliphatic rings. The lowest BCUT2D eigenvalue weighted by Crippen LogP contribution is -2.45. The number of amides is 1. The fourth-order valence-corrected chi connectivity index (χ4v) is 2.59. The highest BCUT2D eigenvalue weighted by Crippen LogP contribution is 2.22. The Morgan fingerprint density at radius 2 is 2.12 bits per heavy atom. The molecular weight excluding hydrogens is 232 g/mol. The Labute approximate surface area is 108 Å². The summed E-state index contributed by atoms with van der Waals surface area (Å²) in [5, 5.41) is 8.26. The first-order valence-corrected chi connectivity index (χ1v) is 6.76. The first kappa shape index (κ1) is 14.2. The molecule has 96 valence electrons. The van der Waals surface area contributed by atoms with Gasteiger partial charge >= 0.3 is 0 Å². The second-order valence-corrected chi connectivity index (χ2v) is 6.32. The molecule has 1 unspecified atom stereocenters. The highest BCUT2D eigenvalue weighted by molar-refractivity contribution is 7.10. The SMILES string of the molecule is Cc1ccsc1C(C)NCC(=O)NC(C)(C)C. The van der Waals surface area contributed by atoms with Crippen LogP contribution in [0.2, 0.25) is 0 Å². The molecule has 0 fully saturated rings. The van der Waals surface area contributed by atoms with E-state index in [0.29, 0.717) is 6.54 Å². The fourth-order valence-electron chi connectivity index (χ4n) is 1.63. The Balaban J connectivity index is 2.41. The van der Waals surface area contributed by atoms with Gasteiger partial charge in [0.15, 0.2) is 0 Å². The van der Waals surface area contributed by atoms with Gasteiger partial charge in [-0.2, -0.15) is 0 Å². The molecule has 0 aliphatic heterocycles. The summed E-state index contributed by atoms with van der Waals surface area (Å²) >= 11 is 1.73. The van der Waals surface area contributed by atoms with Crippen molar-refractivity contribution in [3.05, 3.63) is 21.9 Å². The average Bonchev–Trinajstić information content (AvgIpc) is 2.58. The molecule has 0 spiro atoms. The Morgan fingerprint density at radius 1 is 1.47 bits per heavy atom. The molecule has 0 saturated carbocycles. The van der Waals surface area contributed by atoms with Crippen molar-refractivity contribution in [1.29, 1.82) is 0 Å². The van der Waals surface area contributed by atoms with Crippen LogP contribution in [0.15, 0.2) is 11.4 Å². The van der Waals surface area contributed by atoms with Crippen LogP contribution in [0.4, 0.5) is 0 Å². The van der Waals surface area contributed by atoms with Crippen molar-refractivity contribution < 1.29 is 4.79 Å². The highest BCUT2D eigenvalue weighted by Gasteiger charge is 2.15. The maximum Gasteiger partial charge on any atom is 0.234 e. The number of rotatable bonds is 4. The van der Waals surface area contributed by atoms with E-state index in [1.165, 1.54) is 10.4 Å². The summed E-state index contributed by atoms with van der Waals surface area (Å²) in [4.78, 5) is 12.9. The molecule has 0 aromatic carbocycles. The van der Waals surface area contributed by atoms with Gasteiger partial charge in [0.05, 0.1) is 6.54 Å². The van der Waals surface area contributed by atoms with Crippen molar-refractivity contribution in [2.45, 2.75) is 46.2 Å². The Bertz CT molecular complexity index is 379. The topological polar surface area (TPSA) is 41.1 Å². The summed E-state index contributed by atoms with van der Waals surface area (Å²) < 4.78 is 0. The van der Waals surface area contributed by atoms with E-state index >= 15 is 0 Å². The Hall–Kier alpha value is -0.870. The van der Waals surface area contributed by atoms with Crippen LogP contribution in [-0.4, -0.2) is 18.0 Å². The highest BCUT2D eigenvalue weighted by atomic mass is 32.1. The normalized spacial score (nSPS) is 13.5. The molecule has 0 aliphatic carbocycles. The molecule has 1 rings (SSSR count). The zero-order chi connectivity index (χ0) is 13.1. The molecule has 1 heterocycles. The monoisotopic (exact) mass is 254 g/mol. The molecule has 0 saturated heterocycles. The fraction of sp³-hybridized carbons (Fsp3) is 0.615. The van der Waals surface area contributed by atoms with Crippen molar-refractivity contribution in [3.63, 3.8) is 0 Å². The maximum atomic E-state index is 11.6. The second-order valence-electron chi connectivity index (χ2n) is 5.37. The minimum atomic E-state index is -0.166. The molecule has 4 heteroatoms. The zero-order valence-corrected chi connectivity index (χ0v) is 12.1. The number of hydrogen-bond acceptors (Lipinski definition) is 3. The van der Waals surface area contributed by atoms with Crippen molar-refractivity contribution in [2.24, 2.45) is 0 Å². The average molecular weight is 254 g/mol. The summed E-state index contributed by atoms with van der Waals surface area (Å²) in [7, 11) is 0. The second kappa shape index (κ2) is 5.65. The summed E-state index contributed by atoms with van der Waals surface area (Å²) in [6.07, 6.45) is 0. The molecular formula is C13H22N2OS. The van der Waals surface area contributed by atoms with Gasteiger partial charge in [0.2, 0.25) is 5.91 Å². The standard InChI is InChI=1S/C13H22N2OS/c1-9-6-7-17-12(9)10(2)14-8-11(16)15-13(3,4)5/h6-7,10,14H,8H2,1-5H3,(H,15,16). The van der Waals surface area contributed by atoms with Crippen LogP contribution in [0.1, 0.15) is 44.2 Å². The Morgan fingerprint density at radius 3 is 2.59 bits per heavy atom. The summed E-state index contributed by atoms with van der Waals surface area (Å²) in [6.45, 7) is 10.5. The van der Waals surface area contributed by atoms with Crippen molar-refractivity contribution in [3.8, 4) is 0 Å².